The van der Waals surface area contributed by atoms with Gasteiger partial charge in [-0.05, 0) is 31.1 Å². The summed E-state index contributed by atoms with van der Waals surface area (Å²) in [6.45, 7) is 0. The smallest absolute Gasteiger partial charge is 0.220 e. The van der Waals surface area contributed by atoms with Crippen LogP contribution in [0.15, 0.2) is 0 Å². The molecule has 0 aromatic heterocycles. The maximum atomic E-state index is 11.9. The van der Waals surface area contributed by atoms with Crippen LogP contribution in [0.2, 0.25) is 0 Å². The van der Waals surface area contributed by atoms with Crippen molar-refractivity contribution in [3.8, 4) is 0 Å². The first-order chi connectivity index (χ1) is 8.66. The van der Waals surface area contributed by atoms with E-state index >= 15 is 0 Å². The van der Waals surface area contributed by atoms with Crippen LogP contribution in [-0.2, 0) is 4.79 Å². The van der Waals surface area contributed by atoms with E-state index in [0.717, 1.165) is 25.2 Å². The monoisotopic (exact) mass is 268 g/mol. The van der Waals surface area contributed by atoms with E-state index in [2.05, 4.69) is 5.32 Å². The molecule has 1 unspecified atom stereocenters. The molecular weight excluding hydrogens is 244 g/mol. The highest BCUT2D eigenvalue weighted by Crippen LogP contribution is 2.33. The molecule has 0 heterocycles. The van der Waals surface area contributed by atoms with Crippen molar-refractivity contribution in [2.24, 2.45) is 17.6 Å². The van der Waals surface area contributed by atoms with E-state index < -0.39 is 0 Å². The Bertz CT molecular complexity index is 309. The molecule has 0 saturated heterocycles. The number of amides is 1. The summed E-state index contributed by atoms with van der Waals surface area (Å²) in [5.74, 6) is 1.39. The van der Waals surface area contributed by atoms with Crippen molar-refractivity contribution in [2.75, 3.05) is 0 Å². The second-order valence-electron chi connectivity index (χ2n) is 5.83. The lowest BCUT2D eigenvalue weighted by Gasteiger charge is -2.22. The van der Waals surface area contributed by atoms with Crippen LogP contribution in [0.5, 0.6) is 0 Å². The van der Waals surface area contributed by atoms with Gasteiger partial charge in [0.2, 0.25) is 5.91 Å². The van der Waals surface area contributed by atoms with E-state index in [9.17, 15) is 4.79 Å². The summed E-state index contributed by atoms with van der Waals surface area (Å²) in [4.78, 5) is 12.4. The van der Waals surface area contributed by atoms with Gasteiger partial charge in [0, 0.05) is 6.42 Å². The fourth-order valence-electron chi connectivity index (χ4n) is 2.91. The highest BCUT2D eigenvalue weighted by molar-refractivity contribution is 7.80. The minimum Gasteiger partial charge on any atom is -0.392 e. The molecule has 18 heavy (non-hydrogen) atoms. The normalized spacial score (nSPS) is 22.4. The van der Waals surface area contributed by atoms with Crippen LogP contribution in [-0.4, -0.2) is 16.9 Å². The molecule has 2 aliphatic rings. The van der Waals surface area contributed by atoms with E-state index in [1.807, 2.05) is 0 Å². The van der Waals surface area contributed by atoms with Gasteiger partial charge in [0.05, 0.1) is 11.0 Å². The van der Waals surface area contributed by atoms with Crippen molar-refractivity contribution < 1.29 is 4.79 Å². The molecule has 2 rings (SSSR count). The Morgan fingerprint density at radius 1 is 1.22 bits per heavy atom. The fraction of sp³-hybridized carbons (Fsp3) is 0.857. The standard InChI is InChI=1S/C14H24N2OS/c15-14(18)13(11-7-8-11)16-12(17)9-6-10-4-2-1-3-5-10/h10-11,13H,1-9H2,(H2,15,18)(H,16,17). The molecule has 2 aliphatic carbocycles. The highest BCUT2D eigenvalue weighted by atomic mass is 32.1. The van der Waals surface area contributed by atoms with Gasteiger partial charge in [0.25, 0.3) is 0 Å². The lowest BCUT2D eigenvalue weighted by atomic mass is 9.86. The van der Waals surface area contributed by atoms with E-state index in [4.69, 9.17) is 18.0 Å². The van der Waals surface area contributed by atoms with E-state index in [1.165, 1.54) is 32.1 Å². The summed E-state index contributed by atoms with van der Waals surface area (Å²) in [6, 6.07) is -0.0566. The van der Waals surface area contributed by atoms with Crippen LogP contribution < -0.4 is 11.1 Å². The molecular formula is C14H24N2OS. The quantitative estimate of drug-likeness (QED) is 0.728. The molecule has 2 saturated carbocycles. The number of hydrogen-bond donors (Lipinski definition) is 2. The number of carbonyl (C=O) groups is 1. The number of nitrogens with two attached hydrogens (primary N) is 1. The maximum absolute atomic E-state index is 11.9. The Hall–Kier alpha value is -0.640. The van der Waals surface area contributed by atoms with Crippen molar-refractivity contribution in [2.45, 2.75) is 63.8 Å². The SMILES string of the molecule is NC(=S)C(NC(=O)CCC1CCCCC1)C1CC1. The predicted molar refractivity (Wildman–Crippen MR) is 77.2 cm³/mol. The second kappa shape index (κ2) is 6.50. The third-order valence-electron chi connectivity index (χ3n) is 4.22. The summed E-state index contributed by atoms with van der Waals surface area (Å²) >= 11 is 5.02. The van der Waals surface area contributed by atoms with Gasteiger partial charge < -0.3 is 11.1 Å². The number of hydrogen-bond acceptors (Lipinski definition) is 2. The van der Waals surface area contributed by atoms with Gasteiger partial charge in [-0.1, -0.05) is 44.3 Å². The van der Waals surface area contributed by atoms with Gasteiger partial charge in [-0.2, -0.15) is 0 Å². The first kappa shape index (κ1) is 13.8. The summed E-state index contributed by atoms with van der Waals surface area (Å²) < 4.78 is 0. The molecule has 1 amide bonds. The van der Waals surface area contributed by atoms with Crippen molar-refractivity contribution in [3.63, 3.8) is 0 Å². The van der Waals surface area contributed by atoms with Crippen molar-refractivity contribution in [1.82, 2.24) is 5.32 Å². The minimum absolute atomic E-state index is 0.0566. The Kier molecular flexibility index (Phi) is 4.98. The Morgan fingerprint density at radius 3 is 2.44 bits per heavy atom. The number of nitrogens with one attached hydrogen (secondary N) is 1. The molecule has 3 nitrogen and oxygen atoms in total. The lowest BCUT2D eigenvalue weighted by Crippen LogP contribution is -2.45. The first-order valence-corrected chi connectivity index (χ1v) is 7.66. The zero-order chi connectivity index (χ0) is 13.0. The Balaban J connectivity index is 1.68. The lowest BCUT2D eigenvalue weighted by molar-refractivity contribution is -0.121. The van der Waals surface area contributed by atoms with Gasteiger partial charge in [-0.15, -0.1) is 0 Å². The van der Waals surface area contributed by atoms with Crippen LogP contribution in [0.25, 0.3) is 0 Å². The van der Waals surface area contributed by atoms with Gasteiger partial charge in [0.15, 0.2) is 0 Å². The third-order valence-corrected chi connectivity index (χ3v) is 4.47. The van der Waals surface area contributed by atoms with E-state index in [1.54, 1.807) is 0 Å². The van der Waals surface area contributed by atoms with Crippen LogP contribution in [0.3, 0.4) is 0 Å². The molecule has 4 heteroatoms. The van der Waals surface area contributed by atoms with Crippen LogP contribution in [0, 0.1) is 11.8 Å². The van der Waals surface area contributed by atoms with Gasteiger partial charge in [0.1, 0.15) is 0 Å². The number of thiocarbonyl (C=S) groups is 1. The molecule has 0 aliphatic heterocycles. The summed E-state index contributed by atoms with van der Waals surface area (Å²) in [6.07, 6.45) is 10.6. The minimum atomic E-state index is -0.0566. The highest BCUT2D eigenvalue weighted by Gasteiger charge is 2.34. The third kappa shape index (κ3) is 4.23. The zero-order valence-corrected chi connectivity index (χ0v) is 11.8. The van der Waals surface area contributed by atoms with E-state index in [-0.39, 0.29) is 11.9 Å². The Morgan fingerprint density at radius 2 is 1.89 bits per heavy atom. The van der Waals surface area contributed by atoms with Crippen molar-refractivity contribution in [3.05, 3.63) is 0 Å². The molecule has 102 valence electrons. The van der Waals surface area contributed by atoms with Gasteiger partial charge in [-0.25, -0.2) is 0 Å². The molecule has 0 bridgehead atoms. The molecule has 0 aromatic rings. The second-order valence-corrected chi connectivity index (χ2v) is 6.30. The summed E-state index contributed by atoms with van der Waals surface area (Å²) in [7, 11) is 0. The van der Waals surface area contributed by atoms with E-state index in [0.29, 0.717) is 17.3 Å². The van der Waals surface area contributed by atoms with Gasteiger partial charge >= 0.3 is 0 Å². The molecule has 0 radical (unpaired) electrons. The number of carbonyl (C=O) groups excluding carboxylic acids is 1. The number of rotatable bonds is 6. The molecule has 0 aromatic carbocycles. The van der Waals surface area contributed by atoms with Crippen LogP contribution in [0.1, 0.15) is 57.8 Å². The van der Waals surface area contributed by atoms with Crippen LogP contribution in [0.4, 0.5) is 0 Å². The van der Waals surface area contributed by atoms with Crippen molar-refractivity contribution >= 4 is 23.1 Å². The first-order valence-electron chi connectivity index (χ1n) is 7.25. The molecule has 2 fully saturated rings. The molecule has 0 spiro atoms. The molecule has 1 atom stereocenters. The maximum Gasteiger partial charge on any atom is 0.220 e. The topological polar surface area (TPSA) is 55.1 Å². The summed E-state index contributed by atoms with van der Waals surface area (Å²) in [5.41, 5.74) is 5.68. The van der Waals surface area contributed by atoms with Crippen LogP contribution >= 0.6 is 12.2 Å². The Labute approximate surface area is 115 Å². The average molecular weight is 268 g/mol. The van der Waals surface area contributed by atoms with Gasteiger partial charge in [-0.3, -0.25) is 4.79 Å². The zero-order valence-electron chi connectivity index (χ0n) is 11.0. The summed E-state index contributed by atoms with van der Waals surface area (Å²) in [5, 5.41) is 3.01. The average Bonchev–Trinajstić information content (AvgIpc) is 3.18. The largest absolute Gasteiger partial charge is 0.392 e. The fourth-order valence-corrected chi connectivity index (χ4v) is 3.16. The predicted octanol–water partition coefficient (Wildman–Crippen LogP) is 2.53. The molecule has 3 N–H and O–H groups in total. The van der Waals surface area contributed by atoms with Crippen molar-refractivity contribution in [1.29, 1.82) is 0 Å².